The quantitative estimate of drug-likeness (QED) is 0.211. The van der Waals surface area contributed by atoms with Crippen LogP contribution in [0.25, 0.3) is 79.6 Å². The zero-order valence-electron chi connectivity index (χ0n) is 21.9. The summed E-state index contributed by atoms with van der Waals surface area (Å²) in [5, 5.41) is 6.20. The lowest BCUT2D eigenvalue weighted by atomic mass is 10.0. The second-order valence-corrected chi connectivity index (χ2v) is 12.4. The number of para-hydroxylation sites is 2. The molecular formula is C37H22N2S2. The van der Waals surface area contributed by atoms with E-state index in [0.717, 1.165) is 16.1 Å². The van der Waals surface area contributed by atoms with Gasteiger partial charge in [-0.25, -0.2) is 4.98 Å². The predicted octanol–water partition coefficient (Wildman–Crippen LogP) is 11.1. The molecule has 0 aliphatic rings. The predicted molar refractivity (Wildman–Crippen MR) is 178 cm³/mol. The van der Waals surface area contributed by atoms with Crippen LogP contribution in [0.3, 0.4) is 0 Å². The van der Waals surface area contributed by atoms with Crippen molar-refractivity contribution in [2.24, 2.45) is 0 Å². The van der Waals surface area contributed by atoms with Crippen LogP contribution in [0.1, 0.15) is 0 Å². The molecule has 2 nitrogen and oxygen atoms in total. The van der Waals surface area contributed by atoms with Gasteiger partial charge in [-0.05, 0) is 54.1 Å². The monoisotopic (exact) mass is 558 g/mol. The SMILES string of the molecule is c1ccc(-c2cc3nc(-c4ccc5c(c4)c4ccccc4n5-c4ccccc4)sc3c3c2sc2ccccc23)cc1. The minimum absolute atomic E-state index is 1.06. The zero-order valence-corrected chi connectivity index (χ0v) is 23.5. The summed E-state index contributed by atoms with van der Waals surface area (Å²) in [7, 11) is 0. The number of rotatable bonds is 3. The summed E-state index contributed by atoms with van der Waals surface area (Å²) in [6, 6.07) is 47.9. The van der Waals surface area contributed by atoms with Crippen molar-refractivity contribution in [2.45, 2.75) is 0 Å². The van der Waals surface area contributed by atoms with Crippen molar-refractivity contribution in [3.05, 3.63) is 133 Å². The van der Waals surface area contributed by atoms with E-state index in [9.17, 15) is 0 Å². The normalized spacial score (nSPS) is 11.9. The van der Waals surface area contributed by atoms with E-state index in [1.54, 1.807) is 0 Å². The van der Waals surface area contributed by atoms with Crippen LogP contribution in [0, 0.1) is 0 Å². The molecule has 0 bridgehead atoms. The average molecular weight is 559 g/mol. The minimum atomic E-state index is 1.06. The Bertz CT molecular complexity index is 2410. The standard InChI is InChI=1S/C37H22N2S2/c1-3-11-23(12-4-1)28-22-30-36(34-27-16-8-10-18-33(27)40-35(28)34)41-37(38-30)24-19-20-32-29(21-24)26-15-7-9-17-31(26)39(32)25-13-5-2-6-14-25/h1-22H. The molecule has 0 aliphatic heterocycles. The third-order valence-electron chi connectivity index (χ3n) is 8.02. The molecule has 9 aromatic rings. The van der Waals surface area contributed by atoms with Crippen LogP contribution in [-0.4, -0.2) is 9.55 Å². The molecule has 192 valence electrons. The van der Waals surface area contributed by atoms with E-state index in [0.29, 0.717) is 0 Å². The number of nitrogens with zero attached hydrogens (tertiary/aromatic N) is 2. The molecule has 0 radical (unpaired) electrons. The molecule has 0 amide bonds. The van der Waals surface area contributed by atoms with Crippen molar-refractivity contribution in [1.82, 2.24) is 9.55 Å². The first-order valence-corrected chi connectivity index (χ1v) is 15.4. The number of thiophene rings is 1. The molecule has 9 rings (SSSR count). The molecule has 4 heteroatoms. The molecular weight excluding hydrogens is 537 g/mol. The Hall–Kier alpha value is -4.77. The van der Waals surface area contributed by atoms with Crippen LogP contribution in [-0.2, 0) is 0 Å². The lowest BCUT2D eigenvalue weighted by Gasteiger charge is -2.07. The maximum atomic E-state index is 5.27. The van der Waals surface area contributed by atoms with Crippen molar-refractivity contribution in [1.29, 1.82) is 0 Å². The first-order chi connectivity index (χ1) is 20.3. The van der Waals surface area contributed by atoms with E-state index < -0.39 is 0 Å². The second kappa shape index (κ2) is 8.87. The summed E-state index contributed by atoms with van der Waals surface area (Å²) in [5.74, 6) is 0. The molecule has 3 heterocycles. The van der Waals surface area contributed by atoms with Gasteiger partial charge < -0.3 is 4.57 Å². The number of benzene rings is 6. The molecule has 0 N–H and O–H groups in total. The average Bonchev–Trinajstić information content (AvgIpc) is 3.73. The first-order valence-electron chi connectivity index (χ1n) is 13.7. The lowest BCUT2D eigenvalue weighted by Crippen LogP contribution is -1.92. The largest absolute Gasteiger partial charge is 0.309 e. The van der Waals surface area contributed by atoms with Crippen LogP contribution in [0.5, 0.6) is 0 Å². The van der Waals surface area contributed by atoms with Crippen LogP contribution in [0.2, 0.25) is 0 Å². The molecule has 0 saturated heterocycles. The molecule has 3 aromatic heterocycles. The number of hydrogen-bond acceptors (Lipinski definition) is 3. The van der Waals surface area contributed by atoms with Crippen molar-refractivity contribution in [3.63, 3.8) is 0 Å². The maximum Gasteiger partial charge on any atom is 0.124 e. The molecule has 0 fully saturated rings. The molecule has 0 aliphatic carbocycles. The molecule has 0 unspecified atom stereocenters. The van der Waals surface area contributed by atoms with Crippen molar-refractivity contribution in [2.75, 3.05) is 0 Å². The molecule has 0 spiro atoms. The van der Waals surface area contributed by atoms with Gasteiger partial charge in [0.2, 0.25) is 0 Å². The van der Waals surface area contributed by atoms with Gasteiger partial charge in [0.1, 0.15) is 5.01 Å². The number of thiazole rings is 1. The Balaban J connectivity index is 1.31. The fourth-order valence-corrected chi connectivity index (χ4v) is 8.61. The van der Waals surface area contributed by atoms with Gasteiger partial charge >= 0.3 is 0 Å². The third kappa shape index (κ3) is 3.45. The van der Waals surface area contributed by atoms with Crippen molar-refractivity contribution in [3.8, 4) is 27.4 Å². The van der Waals surface area contributed by atoms with Gasteiger partial charge in [0.15, 0.2) is 0 Å². The van der Waals surface area contributed by atoms with E-state index in [2.05, 4.69) is 138 Å². The summed E-state index contributed by atoms with van der Waals surface area (Å²) < 4.78 is 6.28. The van der Waals surface area contributed by atoms with Gasteiger partial charge in [0.05, 0.1) is 21.3 Å². The third-order valence-corrected chi connectivity index (χ3v) is 10.4. The van der Waals surface area contributed by atoms with Gasteiger partial charge in [-0.15, -0.1) is 22.7 Å². The minimum Gasteiger partial charge on any atom is -0.309 e. The van der Waals surface area contributed by atoms with E-state index >= 15 is 0 Å². The van der Waals surface area contributed by atoms with Gasteiger partial charge in [0, 0.05) is 47.8 Å². The number of hydrogen-bond donors (Lipinski definition) is 0. The van der Waals surface area contributed by atoms with Crippen LogP contribution in [0.4, 0.5) is 0 Å². The smallest absolute Gasteiger partial charge is 0.124 e. The Morgan fingerprint density at radius 3 is 2.07 bits per heavy atom. The van der Waals surface area contributed by atoms with Crippen molar-refractivity contribution < 1.29 is 0 Å². The van der Waals surface area contributed by atoms with E-state index in [4.69, 9.17) is 4.98 Å². The fourth-order valence-electron chi connectivity index (χ4n) is 6.19. The topological polar surface area (TPSA) is 17.8 Å². The van der Waals surface area contributed by atoms with Gasteiger partial charge in [-0.2, -0.15) is 0 Å². The number of aromatic nitrogens is 2. The number of fused-ring (bicyclic) bond motifs is 8. The summed E-state index contributed by atoms with van der Waals surface area (Å²) in [4.78, 5) is 5.27. The highest BCUT2D eigenvalue weighted by Crippen LogP contribution is 2.47. The highest BCUT2D eigenvalue weighted by molar-refractivity contribution is 7.28. The van der Waals surface area contributed by atoms with Gasteiger partial charge in [0.25, 0.3) is 0 Å². The Kier molecular flexibility index (Phi) is 4.97. The molecule has 41 heavy (non-hydrogen) atoms. The lowest BCUT2D eigenvalue weighted by molar-refractivity contribution is 1.18. The van der Waals surface area contributed by atoms with Crippen LogP contribution < -0.4 is 0 Å². The fraction of sp³-hybridized carbons (Fsp3) is 0. The van der Waals surface area contributed by atoms with E-state index in [1.165, 1.54) is 63.5 Å². The molecule has 0 saturated carbocycles. The Labute approximate surface area is 244 Å². The highest BCUT2D eigenvalue weighted by Gasteiger charge is 2.19. The molecule has 0 atom stereocenters. The van der Waals surface area contributed by atoms with Gasteiger partial charge in [-0.1, -0.05) is 84.9 Å². The van der Waals surface area contributed by atoms with E-state index in [1.807, 2.05) is 22.7 Å². The summed E-state index contributed by atoms with van der Waals surface area (Å²) in [6.07, 6.45) is 0. The Morgan fingerprint density at radius 2 is 1.22 bits per heavy atom. The van der Waals surface area contributed by atoms with Gasteiger partial charge in [-0.3, -0.25) is 0 Å². The first kappa shape index (κ1) is 23.0. The summed E-state index contributed by atoms with van der Waals surface area (Å²) in [5.41, 5.74) is 8.30. The summed E-state index contributed by atoms with van der Waals surface area (Å²) in [6.45, 7) is 0. The van der Waals surface area contributed by atoms with E-state index in [-0.39, 0.29) is 0 Å². The maximum absolute atomic E-state index is 5.27. The van der Waals surface area contributed by atoms with Crippen LogP contribution in [0.15, 0.2) is 133 Å². The molecule has 6 aromatic carbocycles. The summed E-state index contributed by atoms with van der Waals surface area (Å²) >= 11 is 3.69. The second-order valence-electron chi connectivity index (χ2n) is 10.4. The van der Waals surface area contributed by atoms with Crippen LogP contribution >= 0.6 is 22.7 Å². The Morgan fingerprint density at radius 1 is 0.512 bits per heavy atom. The zero-order chi connectivity index (χ0) is 26.9. The van der Waals surface area contributed by atoms with Crippen molar-refractivity contribution >= 4 is 74.9 Å². The highest BCUT2D eigenvalue weighted by atomic mass is 32.1.